The van der Waals surface area contributed by atoms with Crippen LogP contribution in [0, 0.1) is 0 Å². The maximum atomic E-state index is 11.0. The van der Waals surface area contributed by atoms with E-state index in [1.165, 1.54) is 0 Å². The summed E-state index contributed by atoms with van der Waals surface area (Å²) in [5.41, 5.74) is -1.30. The van der Waals surface area contributed by atoms with Gasteiger partial charge >= 0.3 is 15.2 Å². The van der Waals surface area contributed by atoms with E-state index >= 15 is 0 Å². The Hall–Kier alpha value is 0.0400. The van der Waals surface area contributed by atoms with E-state index in [0.29, 0.717) is 0 Å². The van der Waals surface area contributed by atoms with Gasteiger partial charge in [0.1, 0.15) is 0 Å². The molecule has 0 saturated carbocycles. The van der Waals surface area contributed by atoms with Gasteiger partial charge in [0, 0.05) is 0 Å². The van der Waals surface area contributed by atoms with Crippen molar-refractivity contribution in [3.8, 4) is 0 Å². The van der Waals surface area contributed by atoms with Gasteiger partial charge in [-0.25, -0.2) is 0 Å². The van der Waals surface area contributed by atoms with Crippen molar-refractivity contribution in [2.24, 2.45) is 0 Å². The lowest BCUT2D eigenvalue weighted by Gasteiger charge is -2.17. The molecule has 8 heteroatoms. The van der Waals surface area contributed by atoms with Crippen LogP contribution in [0.1, 0.15) is 32.6 Å². The van der Waals surface area contributed by atoms with Gasteiger partial charge < -0.3 is 19.6 Å². The van der Waals surface area contributed by atoms with E-state index in [-0.39, 0.29) is 6.42 Å². The van der Waals surface area contributed by atoms with Crippen LogP contribution in [0.25, 0.3) is 0 Å². The Bertz CT molecular complexity index is 328. The molecule has 0 aromatic carbocycles. The summed E-state index contributed by atoms with van der Waals surface area (Å²) < 4.78 is 21.8. The first kappa shape index (κ1) is 17.0. The third kappa shape index (κ3) is 9.72. The summed E-state index contributed by atoms with van der Waals surface area (Å²) in [6, 6.07) is 0. The molecule has 0 radical (unpaired) electrons. The van der Waals surface area contributed by atoms with E-state index in [1.54, 1.807) is 12.2 Å². The summed E-state index contributed by atoms with van der Waals surface area (Å²) in [7, 11) is -8.88. The molecule has 0 amide bonds. The third-order valence-corrected chi connectivity index (χ3v) is 4.77. The highest BCUT2D eigenvalue weighted by Crippen LogP contribution is 2.50. The Kier molecular flexibility index (Phi) is 7.49. The first-order valence-electron chi connectivity index (χ1n) is 5.41. The molecule has 0 rings (SSSR count). The maximum absolute atomic E-state index is 11.0. The van der Waals surface area contributed by atoms with Gasteiger partial charge in [0.2, 0.25) is 0 Å². The van der Waals surface area contributed by atoms with Gasteiger partial charge in [-0.05, 0) is 12.8 Å². The summed E-state index contributed by atoms with van der Waals surface area (Å²) in [4.78, 5) is 35.4. The van der Waals surface area contributed by atoms with Gasteiger partial charge in [-0.2, -0.15) is 0 Å². The van der Waals surface area contributed by atoms with E-state index in [1.807, 2.05) is 6.92 Å². The van der Waals surface area contributed by atoms with Crippen molar-refractivity contribution < 1.29 is 28.7 Å². The fourth-order valence-corrected chi connectivity index (χ4v) is 3.87. The standard InChI is InChI=1S/C9H20O6P2/c1-2-3-4-5-6-7-9(17(13,14)15)8-16(10,11)12/h5-6,9H,2-4,7-8H2,1H3,(H2,10,11,12)(H2,13,14,15). The molecule has 0 saturated heterocycles. The predicted octanol–water partition coefficient (Wildman–Crippen LogP) is 1.85. The zero-order valence-electron chi connectivity index (χ0n) is 9.77. The lowest BCUT2D eigenvalue weighted by molar-refractivity contribution is 0.346. The molecule has 6 nitrogen and oxygen atoms in total. The summed E-state index contributed by atoms with van der Waals surface area (Å²) in [5, 5.41) is 0. The van der Waals surface area contributed by atoms with E-state index in [9.17, 15) is 9.13 Å². The number of hydrogen-bond acceptors (Lipinski definition) is 2. The largest absolute Gasteiger partial charge is 0.329 e. The highest BCUT2D eigenvalue weighted by Gasteiger charge is 2.33. The van der Waals surface area contributed by atoms with Crippen LogP contribution in [0.15, 0.2) is 12.2 Å². The van der Waals surface area contributed by atoms with Crippen molar-refractivity contribution in [2.45, 2.75) is 38.3 Å². The van der Waals surface area contributed by atoms with E-state index in [4.69, 9.17) is 19.6 Å². The molecule has 1 unspecified atom stereocenters. The molecule has 0 aromatic rings. The predicted molar refractivity (Wildman–Crippen MR) is 66.0 cm³/mol. The molecule has 0 aromatic heterocycles. The molecule has 0 aliphatic carbocycles. The molecule has 0 aliphatic rings. The number of hydrogen-bond donors (Lipinski definition) is 4. The summed E-state index contributed by atoms with van der Waals surface area (Å²) >= 11 is 0. The molecule has 102 valence electrons. The molecule has 0 fully saturated rings. The summed E-state index contributed by atoms with van der Waals surface area (Å²) in [5.74, 6) is 0. The van der Waals surface area contributed by atoms with Crippen LogP contribution in [-0.2, 0) is 9.13 Å². The first-order chi connectivity index (χ1) is 7.67. The van der Waals surface area contributed by atoms with E-state index in [0.717, 1.165) is 19.3 Å². The Morgan fingerprint density at radius 3 is 2.12 bits per heavy atom. The van der Waals surface area contributed by atoms with Crippen molar-refractivity contribution in [2.75, 3.05) is 6.16 Å². The van der Waals surface area contributed by atoms with Gasteiger partial charge in [-0.3, -0.25) is 9.13 Å². The normalized spacial score (nSPS) is 15.4. The Morgan fingerprint density at radius 1 is 1.12 bits per heavy atom. The van der Waals surface area contributed by atoms with Crippen molar-refractivity contribution >= 4 is 15.2 Å². The average molecular weight is 286 g/mol. The highest BCUT2D eigenvalue weighted by molar-refractivity contribution is 7.56. The quantitative estimate of drug-likeness (QED) is 0.307. The van der Waals surface area contributed by atoms with Crippen LogP contribution in [-0.4, -0.2) is 31.4 Å². The minimum Gasteiger partial charge on any atom is -0.324 e. The number of unbranched alkanes of at least 4 members (excludes halogenated alkanes) is 2. The topological polar surface area (TPSA) is 115 Å². The molecule has 0 bridgehead atoms. The molecule has 4 N–H and O–H groups in total. The SMILES string of the molecule is CCCCC=CCC(CP(=O)(O)O)P(=O)(O)O. The lowest BCUT2D eigenvalue weighted by atomic mass is 10.2. The van der Waals surface area contributed by atoms with Crippen LogP contribution in [0.3, 0.4) is 0 Å². The maximum Gasteiger partial charge on any atom is 0.329 e. The molecule has 0 aliphatic heterocycles. The minimum atomic E-state index is -4.47. The van der Waals surface area contributed by atoms with Crippen molar-refractivity contribution in [3.63, 3.8) is 0 Å². The Balaban J connectivity index is 4.37. The number of rotatable bonds is 8. The first-order valence-corrected chi connectivity index (χ1v) is 8.89. The van der Waals surface area contributed by atoms with Crippen LogP contribution in [0.5, 0.6) is 0 Å². The number of allylic oxidation sites excluding steroid dienone is 2. The lowest BCUT2D eigenvalue weighted by Crippen LogP contribution is -2.13. The Morgan fingerprint density at radius 2 is 1.71 bits per heavy atom. The summed E-state index contributed by atoms with van der Waals surface area (Å²) in [6.07, 6.45) is 5.38. The molecule has 0 heterocycles. The molecule has 17 heavy (non-hydrogen) atoms. The third-order valence-electron chi connectivity index (χ3n) is 2.22. The average Bonchev–Trinajstić information content (AvgIpc) is 2.12. The van der Waals surface area contributed by atoms with Gasteiger partial charge in [0.05, 0.1) is 11.8 Å². The minimum absolute atomic E-state index is 0.0148. The van der Waals surface area contributed by atoms with Crippen LogP contribution < -0.4 is 0 Å². The van der Waals surface area contributed by atoms with Gasteiger partial charge in [0.15, 0.2) is 0 Å². The molecular formula is C9H20O6P2. The second-order valence-corrected chi connectivity index (χ2v) is 7.54. The Labute approximate surface area is 101 Å². The summed E-state index contributed by atoms with van der Waals surface area (Å²) in [6.45, 7) is 2.03. The van der Waals surface area contributed by atoms with E-state index in [2.05, 4.69) is 0 Å². The monoisotopic (exact) mass is 286 g/mol. The van der Waals surface area contributed by atoms with Crippen LogP contribution in [0.4, 0.5) is 0 Å². The van der Waals surface area contributed by atoms with Gasteiger partial charge in [-0.15, -0.1) is 0 Å². The smallest absolute Gasteiger partial charge is 0.324 e. The van der Waals surface area contributed by atoms with E-state index < -0.39 is 27.0 Å². The molecular weight excluding hydrogens is 266 g/mol. The van der Waals surface area contributed by atoms with Gasteiger partial charge in [-0.1, -0.05) is 31.9 Å². The van der Waals surface area contributed by atoms with Gasteiger partial charge in [0.25, 0.3) is 0 Å². The zero-order valence-corrected chi connectivity index (χ0v) is 11.6. The van der Waals surface area contributed by atoms with Crippen LogP contribution in [0.2, 0.25) is 0 Å². The van der Waals surface area contributed by atoms with Crippen molar-refractivity contribution in [1.29, 1.82) is 0 Å². The second kappa shape index (κ2) is 7.47. The van der Waals surface area contributed by atoms with Crippen molar-refractivity contribution in [1.82, 2.24) is 0 Å². The fourth-order valence-electron chi connectivity index (χ4n) is 1.29. The fraction of sp³-hybridized carbons (Fsp3) is 0.778. The molecule has 0 spiro atoms. The van der Waals surface area contributed by atoms with Crippen LogP contribution >= 0.6 is 15.2 Å². The highest BCUT2D eigenvalue weighted by atomic mass is 31.2. The van der Waals surface area contributed by atoms with Crippen molar-refractivity contribution in [3.05, 3.63) is 12.2 Å². The molecule has 1 atom stereocenters. The zero-order chi connectivity index (χ0) is 13.5. The second-order valence-electron chi connectivity index (χ2n) is 3.94.